The van der Waals surface area contributed by atoms with E-state index in [0.717, 1.165) is 12.1 Å². The van der Waals surface area contributed by atoms with Gasteiger partial charge in [0.2, 0.25) is 0 Å². The standard InChI is InChI=1S/C15H11NO6S/c17-13(11-7-3-1-4-8-11)16(14(18)15(19)20)23(21,22)12-9-5-2-6-10-12/h1-10H,(H,19,20). The number of hydrogen-bond acceptors (Lipinski definition) is 5. The molecule has 0 spiro atoms. The van der Waals surface area contributed by atoms with E-state index in [-0.39, 0.29) is 14.8 Å². The number of nitrogens with zero attached hydrogens (tertiary/aromatic N) is 1. The van der Waals surface area contributed by atoms with Gasteiger partial charge in [-0.2, -0.15) is 4.31 Å². The maximum atomic E-state index is 12.5. The van der Waals surface area contributed by atoms with Crippen molar-refractivity contribution in [3.8, 4) is 0 Å². The van der Waals surface area contributed by atoms with E-state index in [9.17, 15) is 22.8 Å². The molecule has 0 unspecified atom stereocenters. The van der Waals surface area contributed by atoms with E-state index < -0.39 is 27.8 Å². The zero-order valence-electron chi connectivity index (χ0n) is 11.6. The number of rotatable bonds is 3. The minimum Gasteiger partial charge on any atom is -0.474 e. The summed E-state index contributed by atoms with van der Waals surface area (Å²) in [5.74, 6) is -5.13. The molecule has 2 aromatic rings. The number of benzene rings is 2. The SMILES string of the molecule is O=C(O)C(=O)N(C(=O)c1ccccc1)S(=O)(=O)c1ccccc1. The summed E-state index contributed by atoms with van der Waals surface area (Å²) in [4.78, 5) is 34.8. The Balaban J connectivity index is 2.58. The van der Waals surface area contributed by atoms with E-state index in [0.29, 0.717) is 0 Å². The Morgan fingerprint density at radius 1 is 0.826 bits per heavy atom. The first-order chi connectivity index (χ1) is 10.9. The van der Waals surface area contributed by atoms with Gasteiger partial charge in [-0.3, -0.25) is 9.59 Å². The topological polar surface area (TPSA) is 109 Å². The van der Waals surface area contributed by atoms with Crippen molar-refractivity contribution in [3.05, 3.63) is 66.2 Å². The molecule has 0 saturated carbocycles. The average Bonchev–Trinajstić information content (AvgIpc) is 2.56. The minimum atomic E-state index is -4.64. The molecule has 0 fully saturated rings. The Kier molecular flexibility index (Phi) is 4.56. The molecule has 0 atom stereocenters. The van der Waals surface area contributed by atoms with Crippen molar-refractivity contribution in [2.24, 2.45) is 0 Å². The van der Waals surface area contributed by atoms with Crippen molar-refractivity contribution in [3.63, 3.8) is 0 Å². The summed E-state index contributed by atoms with van der Waals surface area (Å²) < 4.78 is 24.8. The van der Waals surface area contributed by atoms with Gasteiger partial charge in [0.1, 0.15) is 0 Å². The smallest absolute Gasteiger partial charge is 0.396 e. The van der Waals surface area contributed by atoms with E-state index in [2.05, 4.69) is 0 Å². The van der Waals surface area contributed by atoms with Gasteiger partial charge in [-0.05, 0) is 24.3 Å². The molecule has 0 aromatic heterocycles. The van der Waals surface area contributed by atoms with Crippen molar-refractivity contribution in [2.75, 3.05) is 0 Å². The minimum absolute atomic E-state index is 0.124. The average molecular weight is 333 g/mol. The van der Waals surface area contributed by atoms with Crippen LogP contribution in [0.1, 0.15) is 10.4 Å². The second-order valence-electron chi connectivity index (χ2n) is 4.36. The second-order valence-corrected chi connectivity index (χ2v) is 6.15. The third-order valence-electron chi connectivity index (χ3n) is 2.85. The molecule has 1 N–H and O–H groups in total. The molecule has 118 valence electrons. The lowest BCUT2D eigenvalue weighted by Crippen LogP contribution is -2.45. The number of carboxylic acids is 1. The summed E-state index contributed by atoms with van der Waals surface area (Å²) >= 11 is 0. The lowest BCUT2D eigenvalue weighted by Gasteiger charge is -2.18. The fourth-order valence-electron chi connectivity index (χ4n) is 1.79. The molecule has 0 saturated heterocycles. The van der Waals surface area contributed by atoms with Crippen LogP contribution in [0.15, 0.2) is 65.6 Å². The number of amides is 2. The van der Waals surface area contributed by atoms with Gasteiger partial charge in [0.25, 0.3) is 15.9 Å². The maximum absolute atomic E-state index is 12.5. The Morgan fingerprint density at radius 3 is 1.78 bits per heavy atom. The van der Waals surface area contributed by atoms with Crippen LogP contribution < -0.4 is 0 Å². The molecule has 8 heteroatoms. The predicted molar refractivity (Wildman–Crippen MR) is 78.9 cm³/mol. The van der Waals surface area contributed by atoms with Gasteiger partial charge in [0.15, 0.2) is 0 Å². The number of sulfonamides is 1. The zero-order chi connectivity index (χ0) is 17.0. The number of hydrogen-bond donors (Lipinski definition) is 1. The van der Waals surface area contributed by atoms with E-state index in [4.69, 9.17) is 5.11 Å². The van der Waals surface area contributed by atoms with Crippen LogP contribution in [0.2, 0.25) is 0 Å². The lowest BCUT2D eigenvalue weighted by molar-refractivity contribution is -0.152. The molecular formula is C15H11NO6S. The first kappa shape index (κ1) is 16.4. The normalized spacial score (nSPS) is 10.8. The Hall–Kier alpha value is -3.00. The summed E-state index contributed by atoms with van der Waals surface area (Å²) in [5.41, 5.74) is -0.124. The zero-order valence-corrected chi connectivity index (χ0v) is 12.4. The molecule has 7 nitrogen and oxygen atoms in total. The van der Waals surface area contributed by atoms with Crippen molar-refractivity contribution in [1.29, 1.82) is 0 Å². The fourth-order valence-corrected chi connectivity index (χ4v) is 3.13. The van der Waals surface area contributed by atoms with Crippen molar-refractivity contribution in [1.82, 2.24) is 4.31 Å². The largest absolute Gasteiger partial charge is 0.474 e. The number of imide groups is 1. The highest BCUT2D eigenvalue weighted by molar-refractivity contribution is 7.90. The first-order valence-corrected chi connectivity index (χ1v) is 7.76. The highest BCUT2D eigenvalue weighted by atomic mass is 32.2. The van der Waals surface area contributed by atoms with Crippen LogP contribution in [0.4, 0.5) is 0 Å². The van der Waals surface area contributed by atoms with Gasteiger partial charge >= 0.3 is 11.9 Å². The summed E-state index contributed by atoms with van der Waals surface area (Å²) in [5, 5.41) is 8.85. The summed E-state index contributed by atoms with van der Waals surface area (Å²) in [6.07, 6.45) is 0. The quantitative estimate of drug-likeness (QED) is 0.843. The molecule has 0 radical (unpaired) electrons. The lowest BCUT2D eigenvalue weighted by atomic mass is 10.2. The molecule has 0 bridgehead atoms. The van der Waals surface area contributed by atoms with Crippen LogP contribution in [0, 0.1) is 0 Å². The van der Waals surface area contributed by atoms with E-state index in [1.807, 2.05) is 0 Å². The Morgan fingerprint density at radius 2 is 1.30 bits per heavy atom. The van der Waals surface area contributed by atoms with Crippen LogP contribution in [0.3, 0.4) is 0 Å². The summed E-state index contributed by atoms with van der Waals surface area (Å²) in [7, 11) is -4.64. The molecule has 2 aromatic carbocycles. The highest BCUT2D eigenvalue weighted by Crippen LogP contribution is 2.18. The monoisotopic (exact) mass is 333 g/mol. The maximum Gasteiger partial charge on any atom is 0.396 e. The molecule has 0 aliphatic heterocycles. The number of aliphatic carboxylic acids is 1. The number of carbonyl (C=O) groups excluding carboxylic acids is 2. The fraction of sp³-hybridized carbons (Fsp3) is 0. The van der Waals surface area contributed by atoms with Crippen molar-refractivity contribution in [2.45, 2.75) is 4.90 Å². The molecule has 0 heterocycles. The molecule has 0 aliphatic carbocycles. The number of carboxylic acid groups (broad SMARTS) is 1. The van der Waals surface area contributed by atoms with Crippen LogP contribution >= 0.6 is 0 Å². The van der Waals surface area contributed by atoms with Gasteiger partial charge in [-0.1, -0.05) is 36.4 Å². The highest BCUT2D eigenvalue weighted by Gasteiger charge is 2.39. The third-order valence-corrected chi connectivity index (χ3v) is 4.53. The van der Waals surface area contributed by atoms with E-state index in [1.165, 1.54) is 36.4 Å². The van der Waals surface area contributed by atoms with Gasteiger partial charge in [0, 0.05) is 5.56 Å². The Bertz CT molecular complexity index is 846. The van der Waals surface area contributed by atoms with Crippen LogP contribution in [0.5, 0.6) is 0 Å². The Labute approximate surface area is 131 Å². The predicted octanol–water partition coefficient (Wildman–Crippen LogP) is 1.13. The molecule has 0 aliphatic rings. The van der Waals surface area contributed by atoms with Crippen LogP contribution in [-0.4, -0.2) is 35.6 Å². The molecule has 2 amide bonds. The van der Waals surface area contributed by atoms with E-state index >= 15 is 0 Å². The second kappa shape index (κ2) is 6.41. The van der Waals surface area contributed by atoms with Crippen LogP contribution in [0.25, 0.3) is 0 Å². The summed E-state index contributed by atoms with van der Waals surface area (Å²) in [6, 6.07) is 13.7. The van der Waals surface area contributed by atoms with Crippen molar-refractivity contribution < 1.29 is 27.9 Å². The van der Waals surface area contributed by atoms with Gasteiger partial charge in [-0.15, -0.1) is 0 Å². The van der Waals surface area contributed by atoms with Gasteiger partial charge < -0.3 is 5.11 Å². The van der Waals surface area contributed by atoms with Crippen molar-refractivity contribution >= 4 is 27.8 Å². The van der Waals surface area contributed by atoms with Gasteiger partial charge in [0.05, 0.1) is 4.90 Å². The molecular weight excluding hydrogens is 322 g/mol. The van der Waals surface area contributed by atoms with Crippen LogP contribution in [-0.2, 0) is 19.6 Å². The molecule has 23 heavy (non-hydrogen) atoms. The van der Waals surface area contributed by atoms with E-state index in [1.54, 1.807) is 12.1 Å². The summed E-state index contributed by atoms with van der Waals surface area (Å²) in [6.45, 7) is 0. The van der Waals surface area contributed by atoms with Gasteiger partial charge in [-0.25, -0.2) is 13.2 Å². The number of carbonyl (C=O) groups is 3. The first-order valence-electron chi connectivity index (χ1n) is 6.32. The molecule has 2 rings (SSSR count). The third kappa shape index (κ3) is 3.27.